The highest BCUT2D eigenvalue weighted by Gasteiger charge is 2.45. The highest BCUT2D eigenvalue weighted by molar-refractivity contribution is 5.89. The number of benzene rings is 1. The van der Waals surface area contributed by atoms with Crippen molar-refractivity contribution in [3.05, 3.63) is 35.6 Å². The summed E-state index contributed by atoms with van der Waals surface area (Å²) in [6, 6.07) is 6.14. The topological polar surface area (TPSA) is 58.2 Å². The predicted molar refractivity (Wildman–Crippen MR) is 82.9 cm³/mol. The Balaban J connectivity index is 1.89. The lowest BCUT2D eigenvalue weighted by Gasteiger charge is -2.40. The van der Waals surface area contributed by atoms with Gasteiger partial charge in [0.15, 0.2) is 0 Å². The molecule has 1 aliphatic carbocycles. The molecule has 1 aromatic carbocycles. The van der Waals surface area contributed by atoms with Gasteiger partial charge in [-0.25, -0.2) is 4.39 Å². The molecule has 22 heavy (non-hydrogen) atoms. The van der Waals surface area contributed by atoms with Crippen LogP contribution in [0.4, 0.5) is 4.39 Å². The molecule has 2 N–H and O–H groups in total. The lowest BCUT2D eigenvalue weighted by Crippen LogP contribution is -2.49. The molecular formula is C17H23FN2O2. The molecule has 0 atom stereocenters. The first-order valence-corrected chi connectivity index (χ1v) is 7.89. The van der Waals surface area contributed by atoms with E-state index in [0.29, 0.717) is 13.1 Å². The lowest BCUT2D eigenvalue weighted by molar-refractivity contribution is -0.130. The first-order chi connectivity index (χ1) is 10.6. The minimum atomic E-state index is -0.548. The molecule has 4 nitrogen and oxygen atoms in total. The summed E-state index contributed by atoms with van der Waals surface area (Å²) in [6.07, 6.45) is 3.71. The number of rotatable bonds is 7. The Bertz CT molecular complexity index is 524. The van der Waals surface area contributed by atoms with Gasteiger partial charge in [-0.15, -0.1) is 0 Å². The number of halogens is 1. The van der Waals surface area contributed by atoms with Crippen molar-refractivity contribution in [2.75, 3.05) is 13.1 Å². The Morgan fingerprint density at radius 2 is 1.82 bits per heavy atom. The largest absolute Gasteiger partial charge is 0.356 e. The van der Waals surface area contributed by atoms with Crippen LogP contribution in [0, 0.1) is 5.82 Å². The maximum Gasteiger partial charge on any atom is 0.230 e. The van der Waals surface area contributed by atoms with Crippen molar-refractivity contribution in [3.8, 4) is 0 Å². The molecule has 2 amide bonds. The van der Waals surface area contributed by atoms with Gasteiger partial charge in [0.1, 0.15) is 5.82 Å². The minimum absolute atomic E-state index is 0.0495. The van der Waals surface area contributed by atoms with E-state index in [4.69, 9.17) is 0 Å². The molecule has 1 fully saturated rings. The van der Waals surface area contributed by atoms with Crippen molar-refractivity contribution in [1.29, 1.82) is 0 Å². The molecule has 0 bridgehead atoms. The minimum Gasteiger partial charge on any atom is -0.356 e. The summed E-state index contributed by atoms with van der Waals surface area (Å²) < 4.78 is 13.0. The first-order valence-electron chi connectivity index (χ1n) is 7.89. The third-order valence-corrected chi connectivity index (χ3v) is 4.25. The second-order valence-corrected chi connectivity index (χ2v) is 5.80. The highest BCUT2D eigenvalue weighted by Crippen LogP contribution is 2.43. The second kappa shape index (κ2) is 7.38. The fourth-order valence-corrected chi connectivity index (χ4v) is 2.76. The quantitative estimate of drug-likeness (QED) is 0.812. The molecule has 0 spiro atoms. The van der Waals surface area contributed by atoms with Gasteiger partial charge in [0, 0.05) is 19.5 Å². The third kappa shape index (κ3) is 3.64. The molecule has 2 rings (SSSR count). The predicted octanol–water partition coefficient (Wildman–Crippen LogP) is 2.28. The van der Waals surface area contributed by atoms with E-state index in [9.17, 15) is 14.0 Å². The van der Waals surface area contributed by atoms with Gasteiger partial charge in [0.2, 0.25) is 11.8 Å². The van der Waals surface area contributed by atoms with Crippen molar-refractivity contribution in [2.45, 2.75) is 44.4 Å². The van der Waals surface area contributed by atoms with Crippen LogP contribution in [0.2, 0.25) is 0 Å². The van der Waals surface area contributed by atoms with Crippen LogP contribution in [0.1, 0.15) is 44.6 Å². The summed E-state index contributed by atoms with van der Waals surface area (Å²) in [6.45, 7) is 2.98. The average Bonchev–Trinajstić information content (AvgIpc) is 2.46. The molecule has 0 unspecified atom stereocenters. The zero-order valence-corrected chi connectivity index (χ0v) is 13.0. The summed E-state index contributed by atoms with van der Waals surface area (Å²) >= 11 is 0. The van der Waals surface area contributed by atoms with Crippen LogP contribution < -0.4 is 10.6 Å². The van der Waals surface area contributed by atoms with Crippen molar-refractivity contribution in [1.82, 2.24) is 10.6 Å². The zero-order chi connectivity index (χ0) is 16.0. The fourth-order valence-electron chi connectivity index (χ4n) is 2.76. The van der Waals surface area contributed by atoms with Crippen LogP contribution in [-0.4, -0.2) is 24.9 Å². The number of nitrogens with one attached hydrogen (secondary N) is 2. The monoisotopic (exact) mass is 306 g/mol. The number of amides is 2. The van der Waals surface area contributed by atoms with E-state index in [2.05, 4.69) is 10.6 Å². The van der Waals surface area contributed by atoms with Gasteiger partial charge >= 0.3 is 0 Å². The second-order valence-electron chi connectivity index (χ2n) is 5.80. The Morgan fingerprint density at radius 1 is 1.14 bits per heavy atom. The van der Waals surface area contributed by atoms with Crippen LogP contribution in [0.15, 0.2) is 24.3 Å². The summed E-state index contributed by atoms with van der Waals surface area (Å²) in [7, 11) is 0. The van der Waals surface area contributed by atoms with Gasteiger partial charge in [-0.3, -0.25) is 9.59 Å². The molecule has 1 aliphatic rings. The third-order valence-electron chi connectivity index (χ3n) is 4.25. The molecule has 120 valence electrons. The molecule has 0 aliphatic heterocycles. The van der Waals surface area contributed by atoms with Crippen LogP contribution in [-0.2, 0) is 15.0 Å². The Hall–Kier alpha value is -1.91. The van der Waals surface area contributed by atoms with Gasteiger partial charge in [0.05, 0.1) is 5.41 Å². The molecule has 1 saturated carbocycles. The van der Waals surface area contributed by atoms with Crippen LogP contribution >= 0.6 is 0 Å². The standard InChI is InChI=1S/C17H23FN2O2/c1-2-11-19-15(21)8-12-20-16(22)17(9-3-10-17)13-4-6-14(18)7-5-13/h4-7H,2-3,8-12H2,1H3,(H,19,21)(H,20,22). The average molecular weight is 306 g/mol. The lowest BCUT2D eigenvalue weighted by atomic mass is 9.64. The van der Waals surface area contributed by atoms with Gasteiger partial charge < -0.3 is 10.6 Å². The first kappa shape index (κ1) is 16.5. The fraction of sp³-hybridized carbons (Fsp3) is 0.529. The van der Waals surface area contributed by atoms with Crippen LogP contribution in [0.3, 0.4) is 0 Å². The van der Waals surface area contributed by atoms with E-state index in [1.807, 2.05) is 6.92 Å². The summed E-state index contributed by atoms with van der Waals surface area (Å²) in [5.74, 6) is -0.411. The smallest absolute Gasteiger partial charge is 0.230 e. The van der Waals surface area contributed by atoms with Crippen molar-refractivity contribution < 1.29 is 14.0 Å². The summed E-state index contributed by atoms with van der Waals surface area (Å²) in [4.78, 5) is 24.0. The van der Waals surface area contributed by atoms with Crippen molar-refractivity contribution in [3.63, 3.8) is 0 Å². The molecule has 0 aromatic heterocycles. The van der Waals surface area contributed by atoms with Gasteiger partial charge in [-0.2, -0.15) is 0 Å². The molecule has 0 heterocycles. The maximum atomic E-state index is 13.0. The van der Waals surface area contributed by atoms with Gasteiger partial charge in [-0.05, 0) is 37.0 Å². The Kier molecular flexibility index (Phi) is 5.52. The van der Waals surface area contributed by atoms with E-state index in [1.165, 1.54) is 12.1 Å². The zero-order valence-electron chi connectivity index (χ0n) is 13.0. The van der Waals surface area contributed by atoms with Crippen LogP contribution in [0.5, 0.6) is 0 Å². The van der Waals surface area contributed by atoms with E-state index in [-0.39, 0.29) is 24.1 Å². The van der Waals surface area contributed by atoms with Crippen molar-refractivity contribution in [2.24, 2.45) is 0 Å². The number of carbonyl (C=O) groups is 2. The molecule has 1 aromatic rings. The number of carbonyl (C=O) groups excluding carboxylic acids is 2. The van der Waals surface area contributed by atoms with E-state index in [0.717, 1.165) is 31.2 Å². The number of hydrogen-bond acceptors (Lipinski definition) is 2. The summed E-state index contributed by atoms with van der Waals surface area (Å²) in [5.41, 5.74) is 0.307. The molecular weight excluding hydrogens is 283 g/mol. The summed E-state index contributed by atoms with van der Waals surface area (Å²) in [5, 5.41) is 5.63. The maximum absolute atomic E-state index is 13.0. The van der Waals surface area contributed by atoms with Gasteiger partial charge in [0.25, 0.3) is 0 Å². The Morgan fingerprint density at radius 3 is 2.36 bits per heavy atom. The van der Waals surface area contributed by atoms with E-state index < -0.39 is 5.41 Å². The highest BCUT2D eigenvalue weighted by atomic mass is 19.1. The number of hydrogen-bond donors (Lipinski definition) is 2. The van der Waals surface area contributed by atoms with Gasteiger partial charge in [-0.1, -0.05) is 25.5 Å². The van der Waals surface area contributed by atoms with Crippen LogP contribution in [0.25, 0.3) is 0 Å². The molecule has 0 saturated heterocycles. The SMILES string of the molecule is CCCNC(=O)CCNC(=O)C1(c2ccc(F)cc2)CCC1. The molecule has 5 heteroatoms. The Labute approximate surface area is 130 Å². The molecule has 0 radical (unpaired) electrons. The van der Waals surface area contributed by atoms with E-state index in [1.54, 1.807) is 12.1 Å². The van der Waals surface area contributed by atoms with Crippen molar-refractivity contribution >= 4 is 11.8 Å². The van der Waals surface area contributed by atoms with E-state index >= 15 is 0 Å². The normalized spacial score (nSPS) is 15.7.